The van der Waals surface area contributed by atoms with Crippen LogP contribution in [0.3, 0.4) is 0 Å². The Morgan fingerprint density at radius 3 is 2.67 bits per heavy atom. The zero-order chi connectivity index (χ0) is 19.6. The molecule has 1 saturated heterocycles. The van der Waals surface area contributed by atoms with Crippen LogP contribution in [-0.2, 0) is 9.59 Å². The van der Waals surface area contributed by atoms with Crippen LogP contribution in [0.1, 0.15) is 6.42 Å². The molecule has 1 N–H and O–H groups in total. The fourth-order valence-electron chi connectivity index (χ4n) is 2.95. The van der Waals surface area contributed by atoms with Crippen LogP contribution in [0.25, 0.3) is 0 Å². The van der Waals surface area contributed by atoms with E-state index in [9.17, 15) is 14.0 Å². The standard InChI is InChI=1S/C19H18BrFN2O4/c1-26-13-4-6-17(27-2)16(9-13)23-10-11(7-18(23)24)19(25)22-15-5-3-12(20)8-14(15)21/h3-6,8-9,11H,7,10H2,1-2H3,(H,22,25). The van der Waals surface area contributed by atoms with Gasteiger partial charge in [0, 0.05) is 23.5 Å². The zero-order valence-corrected chi connectivity index (χ0v) is 16.4. The number of hydrogen-bond acceptors (Lipinski definition) is 4. The molecule has 1 unspecified atom stereocenters. The van der Waals surface area contributed by atoms with Gasteiger partial charge in [-0.2, -0.15) is 0 Å². The Morgan fingerprint density at radius 2 is 2.00 bits per heavy atom. The largest absolute Gasteiger partial charge is 0.497 e. The molecule has 1 heterocycles. The number of carbonyl (C=O) groups excluding carboxylic acids is 2. The number of benzene rings is 2. The van der Waals surface area contributed by atoms with E-state index in [1.165, 1.54) is 31.3 Å². The van der Waals surface area contributed by atoms with Gasteiger partial charge in [-0.1, -0.05) is 15.9 Å². The van der Waals surface area contributed by atoms with Gasteiger partial charge in [0.2, 0.25) is 11.8 Å². The second-order valence-electron chi connectivity index (χ2n) is 6.06. The molecule has 27 heavy (non-hydrogen) atoms. The van der Waals surface area contributed by atoms with E-state index in [-0.39, 0.29) is 24.6 Å². The van der Waals surface area contributed by atoms with Crippen molar-refractivity contribution in [3.8, 4) is 11.5 Å². The molecule has 0 spiro atoms. The lowest BCUT2D eigenvalue weighted by molar-refractivity contribution is -0.122. The first-order chi connectivity index (χ1) is 12.9. The molecule has 2 aromatic rings. The van der Waals surface area contributed by atoms with E-state index in [0.29, 0.717) is 21.7 Å². The molecule has 1 atom stereocenters. The molecule has 142 valence electrons. The predicted octanol–water partition coefficient (Wildman–Crippen LogP) is 3.60. The number of carbonyl (C=O) groups is 2. The summed E-state index contributed by atoms with van der Waals surface area (Å²) in [7, 11) is 3.03. The summed E-state index contributed by atoms with van der Waals surface area (Å²) in [5.41, 5.74) is 0.611. The Morgan fingerprint density at radius 1 is 1.22 bits per heavy atom. The van der Waals surface area contributed by atoms with Crippen LogP contribution in [0.15, 0.2) is 40.9 Å². The van der Waals surface area contributed by atoms with Gasteiger partial charge in [-0.3, -0.25) is 9.59 Å². The summed E-state index contributed by atoms with van der Waals surface area (Å²) in [5.74, 6) is -0.690. The van der Waals surface area contributed by atoms with Crippen LogP contribution >= 0.6 is 15.9 Å². The first-order valence-electron chi connectivity index (χ1n) is 8.21. The van der Waals surface area contributed by atoms with Crippen LogP contribution in [0.5, 0.6) is 11.5 Å². The van der Waals surface area contributed by atoms with E-state index in [4.69, 9.17) is 9.47 Å². The summed E-state index contributed by atoms with van der Waals surface area (Å²) >= 11 is 3.17. The number of amides is 2. The number of anilines is 2. The van der Waals surface area contributed by atoms with Crippen molar-refractivity contribution in [2.75, 3.05) is 31.0 Å². The minimum absolute atomic E-state index is 0.0321. The van der Waals surface area contributed by atoms with Crippen LogP contribution in [0.4, 0.5) is 15.8 Å². The van der Waals surface area contributed by atoms with Gasteiger partial charge in [0.05, 0.1) is 31.5 Å². The van der Waals surface area contributed by atoms with Crippen molar-refractivity contribution >= 4 is 39.1 Å². The minimum atomic E-state index is -0.601. The highest BCUT2D eigenvalue weighted by Crippen LogP contribution is 2.36. The maximum atomic E-state index is 13.9. The van der Waals surface area contributed by atoms with Crippen molar-refractivity contribution in [2.24, 2.45) is 5.92 Å². The van der Waals surface area contributed by atoms with Crippen molar-refractivity contribution in [3.63, 3.8) is 0 Å². The maximum Gasteiger partial charge on any atom is 0.229 e. The van der Waals surface area contributed by atoms with Gasteiger partial charge >= 0.3 is 0 Å². The molecular weight excluding hydrogens is 419 g/mol. The van der Waals surface area contributed by atoms with E-state index in [1.807, 2.05) is 0 Å². The minimum Gasteiger partial charge on any atom is -0.497 e. The number of methoxy groups -OCH3 is 2. The fourth-order valence-corrected chi connectivity index (χ4v) is 3.28. The lowest BCUT2D eigenvalue weighted by Crippen LogP contribution is -2.28. The first-order valence-corrected chi connectivity index (χ1v) is 9.00. The second kappa shape index (κ2) is 7.96. The molecule has 1 aliphatic rings. The van der Waals surface area contributed by atoms with Gasteiger partial charge in [-0.05, 0) is 30.3 Å². The van der Waals surface area contributed by atoms with Crippen LogP contribution < -0.4 is 19.7 Å². The number of ether oxygens (including phenoxy) is 2. The van der Waals surface area contributed by atoms with Crippen molar-refractivity contribution in [3.05, 3.63) is 46.7 Å². The van der Waals surface area contributed by atoms with Gasteiger partial charge in [0.1, 0.15) is 17.3 Å². The smallest absolute Gasteiger partial charge is 0.229 e. The third kappa shape index (κ3) is 4.05. The van der Waals surface area contributed by atoms with Crippen LogP contribution in [-0.4, -0.2) is 32.6 Å². The molecule has 3 rings (SSSR count). The van der Waals surface area contributed by atoms with Crippen molar-refractivity contribution in [2.45, 2.75) is 6.42 Å². The van der Waals surface area contributed by atoms with Crippen LogP contribution in [0, 0.1) is 11.7 Å². The highest BCUT2D eigenvalue weighted by molar-refractivity contribution is 9.10. The third-order valence-corrected chi connectivity index (χ3v) is 4.85. The number of rotatable bonds is 5. The second-order valence-corrected chi connectivity index (χ2v) is 6.97. The SMILES string of the molecule is COc1ccc(OC)c(N2CC(C(=O)Nc3ccc(Br)cc3F)CC2=O)c1. The summed E-state index contributed by atoms with van der Waals surface area (Å²) < 4.78 is 25.0. The molecule has 0 radical (unpaired) electrons. The van der Waals surface area contributed by atoms with E-state index in [0.717, 1.165) is 0 Å². The molecular formula is C19H18BrFN2O4. The maximum absolute atomic E-state index is 13.9. The molecule has 2 amide bonds. The van der Waals surface area contributed by atoms with Crippen molar-refractivity contribution in [1.82, 2.24) is 0 Å². The summed E-state index contributed by atoms with van der Waals surface area (Å²) in [6, 6.07) is 9.48. The average Bonchev–Trinajstić information content (AvgIpc) is 3.05. The van der Waals surface area contributed by atoms with Crippen molar-refractivity contribution < 1.29 is 23.5 Å². The molecule has 1 aliphatic heterocycles. The van der Waals surface area contributed by atoms with E-state index in [1.54, 1.807) is 24.3 Å². The highest BCUT2D eigenvalue weighted by Gasteiger charge is 2.36. The van der Waals surface area contributed by atoms with E-state index < -0.39 is 17.6 Å². The van der Waals surface area contributed by atoms with Gasteiger partial charge in [-0.25, -0.2) is 4.39 Å². The zero-order valence-electron chi connectivity index (χ0n) is 14.8. The summed E-state index contributed by atoms with van der Waals surface area (Å²) in [5, 5.41) is 2.55. The number of nitrogens with zero attached hydrogens (tertiary/aromatic N) is 1. The average molecular weight is 437 g/mol. The normalized spacial score (nSPS) is 16.4. The summed E-state index contributed by atoms with van der Waals surface area (Å²) in [4.78, 5) is 26.5. The topological polar surface area (TPSA) is 67.9 Å². The molecule has 0 saturated carbocycles. The Labute approximate surface area is 164 Å². The third-order valence-electron chi connectivity index (χ3n) is 4.36. The first kappa shape index (κ1) is 19.2. The van der Waals surface area contributed by atoms with E-state index >= 15 is 0 Å². The Hall–Kier alpha value is -2.61. The molecule has 6 nitrogen and oxygen atoms in total. The lowest BCUT2D eigenvalue weighted by atomic mass is 10.1. The van der Waals surface area contributed by atoms with Gasteiger partial charge in [0.25, 0.3) is 0 Å². The lowest BCUT2D eigenvalue weighted by Gasteiger charge is -2.20. The quantitative estimate of drug-likeness (QED) is 0.777. The molecule has 0 aliphatic carbocycles. The summed E-state index contributed by atoms with van der Waals surface area (Å²) in [6.07, 6.45) is 0.0321. The molecule has 2 aromatic carbocycles. The number of hydrogen-bond donors (Lipinski definition) is 1. The van der Waals surface area contributed by atoms with Gasteiger partial charge in [-0.15, -0.1) is 0 Å². The molecule has 0 bridgehead atoms. The number of halogens is 2. The van der Waals surface area contributed by atoms with Gasteiger partial charge in [0.15, 0.2) is 0 Å². The monoisotopic (exact) mass is 436 g/mol. The highest BCUT2D eigenvalue weighted by atomic mass is 79.9. The molecule has 0 aromatic heterocycles. The van der Waals surface area contributed by atoms with E-state index in [2.05, 4.69) is 21.2 Å². The molecule has 1 fully saturated rings. The Kier molecular flexibility index (Phi) is 5.65. The van der Waals surface area contributed by atoms with Crippen LogP contribution in [0.2, 0.25) is 0 Å². The Balaban J connectivity index is 1.78. The fraction of sp³-hybridized carbons (Fsp3) is 0.263. The predicted molar refractivity (Wildman–Crippen MR) is 103 cm³/mol. The van der Waals surface area contributed by atoms with Gasteiger partial charge < -0.3 is 19.7 Å². The van der Waals surface area contributed by atoms with Crippen molar-refractivity contribution in [1.29, 1.82) is 0 Å². The Bertz CT molecular complexity index is 890. The summed E-state index contributed by atoms with van der Waals surface area (Å²) in [6.45, 7) is 0.173. The number of nitrogens with one attached hydrogen (secondary N) is 1. The molecule has 8 heteroatoms.